The summed E-state index contributed by atoms with van der Waals surface area (Å²) >= 11 is -0.334. The van der Waals surface area contributed by atoms with Crippen LogP contribution >= 0.6 is 0 Å². The first-order valence-electron chi connectivity index (χ1n) is 9.74. The molecule has 0 N–H and O–H groups in total. The van der Waals surface area contributed by atoms with E-state index in [1.54, 1.807) is 0 Å². The van der Waals surface area contributed by atoms with E-state index >= 15 is 0 Å². The Balaban J connectivity index is 1.57. The van der Waals surface area contributed by atoms with E-state index in [9.17, 15) is 0 Å². The van der Waals surface area contributed by atoms with Crippen molar-refractivity contribution >= 4 is 8.29 Å². The standard InChI is InChI=1S/C23H22N4O.Pt/c1-23(2)20-6-4-8-22(14-20)28-21-7-3-5-19(13-21)15-24-9-10-25(16-24)17-26-11-12-27(23)18-26;/h3-14H,15,17H2,1-2H3;. The molecular formula is C23H22N4OPt. The predicted octanol–water partition coefficient (Wildman–Crippen LogP) is 3.63. The second-order valence-electron chi connectivity index (χ2n) is 8.07. The van der Waals surface area contributed by atoms with E-state index in [0.29, 0.717) is 0 Å². The van der Waals surface area contributed by atoms with E-state index in [0.717, 1.165) is 24.7 Å². The van der Waals surface area contributed by atoms with Gasteiger partial charge in [-0.3, -0.25) is 0 Å². The van der Waals surface area contributed by atoms with Crippen LogP contribution in [-0.2, 0) is 29.7 Å². The molecule has 0 unspecified atom stereocenters. The number of fused-ring (bicyclic) bond motifs is 4. The molecule has 4 heterocycles. The Bertz CT molecular complexity index is 1150. The molecule has 0 fully saturated rings. The summed E-state index contributed by atoms with van der Waals surface area (Å²) in [6, 6.07) is 17.0. The third-order valence-corrected chi connectivity index (χ3v) is 9.26. The molecule has 6 heteroatoms. The Kier molecular flexibility index (Phi) is 3.67. The van der Waals surface area contributed by atoms with Gasteiger partial charge in [-0.05, 0) is 0 Å². The quantitative estimate of drug-likeness (QED) is 0.486. The van der Waals surface area contributed by atoms with Gasteiger partial charge in [-0.1, -0.05) is 0 Å². The molecule has 0 saturated carbocycles. The first-order chi connectivity index (χ1) is 14.1. The maximum atomic E-state index is 6.25. The fourth-order valence-corrected chi connectivity index (χ4v) is 7.60. The van der Waals surface area contributed by atoms with Gasteiger partial charge in [0, 0.05) is 0 Å². The molecular weight excluding hydrogens is 543 g/mol. The third kappa shape index (κ3) is 2.71. The van der Waals surface area contributed by atoms with Crippen LogP contribution in [0.2, 0.25) is 0 Å². The molecule has 6 rings (SSSR count). The summed E-state index contributed by atoms with van der Waals surface area (Å²) in [5, 5.41) is 0. The molecule has 0 spiro atoms. The molecule has 0 atom stereocenters. The van der Waals surface area contributed by atoms with Gasteiger partial charge in [-0.2, -0.15) is 0 Å². The van der Waals surface area contributed by atoms with Gasteiger partial charge in [0.2, 0.25) is 0 Å². The van der Waals surface area contributed by atoms with Crippen molar-refractivity contribution in [3.63, 3.8) is 0 Å². The Labute approximate surface area is 178 Å². The minimum absolute atomic E-state index is 0.161. The van der Waals surface area contributed by atoms with Crippen molar-refractivity contribution in [1.29, 1.82) is 0 Å². The zero-order valence-electron chi connectivity index (χ0n) is 16.4. The maximum absolute atomic E-state index is 6.25. The summed E-state index contributed by atoms with van der Waals surface area (Å²) in [7, 11) is 0. The zero-order chi connectivity index (χ0) is 19.6. The molecule has 0 amide bonds. The van der Waals surface area contributed by atoms with Crippen molar-refractivity contribution in [1.82, 2.24) is 19.6 Å². The van der Waals surface area contributed by atoms with Gasteiger partial charge in [-0.25, -0.2) is 0 Å². The monoisotopic (exact) mass is 565 g/mol. The fourth-order valence-electron chi connectivity index (χ4n) is 4.08. The Hall–Kier alpha value is -2.65. The molecule has 0 radical (unpaired) electrons. The van der Waals surface area contributed by atoms with E-state index in [2.05, 4.69) is 94.6 Å². The van der Waals surface area contributed by atoms with Gasteiger partial charge < -0.3 is 0 Å². The molecule has 6 bridgehead atoms. The summed E-state index contributed by atoms with van der Waals surface area (Å²) in [5.41, 5.74) is 2.35. The van der Waals surface area contributed by atoms with Crippen molar-refractivity contribution < 1.29 is 22.4 Å². The van der Waals surface area contributed by atoms with Crippen LogP contribution < -0.4 is 4.74 Å². The van der Waals surface area contributed by atoms with E-state index in [1.807, 2.05) is 12.1 Å². The molecule has 0 aliphatic carbocycles. The topological polar surface area (TPSA) is 22.2 Å². The Morgan fingerprint density at radius 1 is 0.828 bits per heavy atom. The fraction of sp³-hybridized carbons (Fsp3) is 0.217. The molecule has 0 aromatic heterocycles. The molecule has 0 saturated heterocycles. The number of nitrogens with zero attached hydrogens (tertiary/aromatic N) is 4. The van der Waals surface area contributed by atoms with E-state index in [1.165, 1.54) is 19.4 Å². The molecule has 4 aliphatic rings. The Morgan fingerprint density at radius 2 is 1.55 bits per heavy atom. The molecule has 4 aliphatic heterocycles. The van der Waals surface area contributed by atoms with Crippen LogP contribution in [0.25, 0.3) is 0 Å². The van der Waals surface area contributed by atoms with Gasteiger partial charge in [0.25, 0.3) is 0 Å². The first kappa shape index (κ1) is 17.2. The van der Waals surface area contributed by atoms with Crippen molar-refractivity contribution in [2.45, 2.75) is 25.9 Å². The zero-order valence-corrected chi connectivity index (χ0v) is 18.6. The van der Waals surface area contributed by atoms with Gasteiger partial charge in [-0.15, -0.1) is 0 Å². The SMILES string of the molecule is CC1(C)c2cccc(c2)Oc2cccc(c2)CN2C=CN3CN4C=CN1[C]4=[Pt]=[C]23. The van der Waals surface area contributed by atoms with Crippen molar-refractivity contribution in [2.24, 2.45) is 0 Å². The number of benzene rings is 2. The van der Waals surface area contributed by atoms with Crippen LogP contribution in [0.1, 0.15) is 25.0 Å². The number of hydrogen-bond acceptors (Lipinski definition) is 5. The van der Waals surface area contributed by atoms with Crippen molar-refractivity contribution in [2.75, 3.05) is 6.67 Å². The second-order valence-corrected chi connectivity index (χ2v) is 10.7. The summed E-state index contributed by atoms with van der Waals surface area (Å²) in [5.74, 6) is 1.77. The van der Waals surface area contributed by atoms with E-state index in [-0.39, 0.29) is 23.2 Å². The molecule has 29 heavy (non-hydrogen) atoms. The normalized spacial score (nSPS) is 21.2. The van der Waals surface area contributed by atoms with Crippen LogP contribution in [0.4, 0.5) is 0 Å². The summed E-state index contributed by atoms with van der Waals surface area (Å²) in [6.07, 6.45) is 8.91. The van der Waals surface area contributed by atoms with Crippen molar-refractivity contribution in [3.8, 4) is 11.5 Å². The number of rotatable bonds is 0. The minimum atomic E-state index is -0.334. The van der Waals surface area contributed by atoms with Gasteiger partial charge in [0.05, 0.1) is 0 Å². The van der Waals surface area contributed by atoms with Crippen LogP contribution in [0.5, 0.6) is 11.5 Å². The first-order valence-corrected chi connectivity index (χ1v) is 12.0. The van der Waals surface area contributed by atoms with Crippen LogP contribution in [0.15, 0.2) is 73.3 Å². The van der Waals surface area contributed by atoms with Gasteiger partial charge >= 0.3 is 179 Å². The Morgan fingerprint density at radius 3 is 2.45 bits per heavy atom. The second kappa shape index (κ2) is 6.17. The molecule has 2 aromatic carbocycles. The molecule has 2 aromatic rings. The van der Waals surface area contributed by atoms with Crippen molar-refractivity contribution in [3.05, 3.63) is 84.5 Å². The summed E-state index contributed by atoms with van der Waals surface area (Å²) < 4.78 is 9.13. The average Bonchev–Trinajstić information content (AvgIpc) is 3.30. The average molecular weight is 566 g/mol. The van der Waals surface area contributed by atoms with Gasteiger partial charge in [0.1, 0.15) is 0 Å². The summed E-state index contributed by atoms with van der Waals surface area (Å²) in [4.78, 5) is 9.67. The summed E-state index contributed by atoms with van der Waals surface area (Å²) in [6.45, 7) is 6.34. The van der Waals surface area contributed by atoms with Crippen LogP contribution in [0, 0.1) is 0 Å². The number of ether oxygens (including phenoxy) is 1. The van der Waals surface area contributed by atoms with E-state index in [4.69, 9.17) is 4.74 Å². The predicted molar refractivity (Wildman–Crippen MR) is 110 cm³/mol. The van der Waals surface area contributed by atoms with Crippen LogP contribution in [0.3, 0.4) is 0 Å². The molecule has 150 valence electrons. The van der Waals surface area contributed by atoms with E-state index < -0.39 is 0 Å². The third-order valence-electron chi connectivity index (χ3n) is 5.74. The van der Waals surface area contributed by atoms with Crippen LogP contribution in [-0.4, -0.2) is 34.6 Å². The molecule has 5 nitrogen and oxygen atoms in total. The number of hydrogen-bond donors (Lipinski definition) is 0. The van der Waals surface area contributed by atoms with Gasteiger partial charge in [0.15, 0.2) is 0 Å².